The number of hydrogen-bond acceptors (Lipinski definition) is 4. The Balaban J connectivity index is 2.37. The Labute approximate surface area is 111 Å². The van der Waals surface area contributed by atoms with Crippen molar-refractivity contribution in [3.63, 3.8) is 0 Å². The van der Waals surface area contributed by atoms with Crippen LogP contribution >= 0.6 is 11.3 Å². The first-order chi connectivity index (χ1) is 8.49. The van der Waals surface area contributed by atoms with Gasteiger partial charge in [0.25, 0.3) is 0 Å². The van der Waals surface area contributed by atoms with Gasteiger partial charge < -0.3 is 4.90 Å². The lowest BCUT2D eigenvalue weighted by Gasteiger charge is -2.16. The summed E-state index contributed by atoms with van der Waals surface area (Å²) in [6.07, 6.45) is 0. The Morgan fingerprint density at radius 1 is 1.33 bits per heavy atom. The van der Waals surface area contributed by atoms with Crippen LogP contribution in [-0.2, 0) is 0 Å². The van der Waals surface area contributed by atoms with Crippen molar-refractivity contribution in [2.75, 3.05) is 11.9 Å². The number of aromatic nitrogens is 1. The van der Waals surface area contributed by atoms with Gasteiger partial charge in [0.1, 0.15) is 0 Å². The molecule has 1 aromatic carbocycles. The fraction of sp³-hybridized carbons (Fsp3) is 0.286. The van der Waals surface area contributed by atoms with Gasteiger partial charge in [-0.1, -0.05) is 23.5 Å². The third-order valence-electron chi connectivity index (χ3n) is 2.78. The number of ketones is 1. The van der Waals surface area contributed by atoms with Crippen LogP contribution in [0.5, 0.6) is 0 Å². The number of benzene rings is 1. The Hall–Kier alpha value is -1.68. The molecule has 0 saturated carbocycles. The molecule has 2 aromatic rings. The van der Waals surface area contributed by atoms with Gasteiger partial charge in [-0.25, -0.2) is 4.98 Å². The summed E-state index contributed by atoms with van der Waals surface area (Å²) in [5, 5.41) is 0.850. The predicted molar refractivity (Wildman–Crippen MR) is 76.1 cm³/mol. The molecule has 4 heteroatoms. The molecule has 0 saturated heterocycles. The van der Waals surface area contributed by atoms with Gasteiger partial charge in [-0.15, -0.1) is 0 Å². The largest absolute Gasteiger partial charge is 0.321 e. The number of thiazole rings is 1. The quantitative estimate of drug-likeness (QED) is 0.788. The Bertz CT molecular complexity index is 589. The second-order valence-electron chi connectivity index (χ2n) is 4.37. The predicted octanol–water partition coefficient (Wildman–Crippen LogP) is 3.73. The van der Waals surface area contributed by atoms with E-state index >= 15 is 0 Å². The SMILES string of the molecule is CC(=O)c1sc(N(C)c2cccc(C)c2)nc1C. The fourth-order valence-electron chi connectivity index (χ4n) is 1.80. The zero-order chi connectivity index (χ0) is 13.3. The molecule has 94 valence electrons. The Kier molecular flexibility index (Phi) is 3.48. The minimum absolute atomic E-state index is 0.0777. The van der Waals surface area contributed by atoms with E-state index in [2.05, 4.69) is 24.0 Å². The molecule has 0 fully saturated rings. The van der Waals surface area contributed by atoms with Crippen LogP contribution in [0, 0.1) is 13.8 Å². The first kappa shape index (κ1) is 12.8. The molecule has 0 N–H and O–H groups in total. The van der Waals surface area contributed by atoms with E-state index in [0.29, 0.717) is 0 Å². The maximum absolute atomic E-state index is 11.4. The first-order valence-corrected chi connectivity index (χ1v) is 6.59. The average molecular weight is 260 g/mol. The van der Waals surface area contributed by atoms with Crippen LogP contribution < -0.4 is 4.90 Å². The summed E-state index contributed by atoms with van der Waals surface area (Å²) in [6.45, 7) is 5.52. The molecule has 0 atom stereocenters. The van der Waals surface area contributed by atoms with Crippen molar-refractivity contribution in [3.05, 3.63) is 40.4 Å². The zero-order valence-electron chi connectivity index (χ0n) is 11.0. The van der Waals surface area contributed by atoms with E-state index in [9.17, 15) is 4.79 Å². The summed E-state index contributed by atoms with van der Waals surface area (Å²) in [6, 6.07) is 8.22. The third kappa shape index (κ3) is 2.43. The average Bonchev–Trinajstić information content (AvgIpc) is 2.70. The van der Waals surface area contributed by atoms with Gasteiger partial charge in [0.2, 0.25) is 0 Å². The molecule has 0 bridgehead atoms. The monoisotopic (exact) mass is 260 g/mol. The van der Waals surface area contributed by atoms with E-state index in [-0.39, 0.29) is 5.78 Å². The summed E-state index contributed by atoms with van der Waals surface area (Å²) < 4.78 is 0. The van der Waals surface area contributed by atoms with Crippen LogP contribution in [0.3, 0.4) is 0 Å². The molecule has 3 nitrogen and oxygen atoms in total. The van der Waals surface area contributed by atoms with E-state index < -0.39 is 0 Å². The van der Waals surface area contributed by atoms with Crippen molar-refractivity contribution in [3.8, 4) is 0 Å². The molecular weight excluding hydrogens is 244 g/mol. The number of anilines is 2. The molecule has 0 amide bonds. The van der Waals surface area contributed by atoms with Gasteiger partial charge in [-0.05, 0) is 31.5 Å². The molecule has 0 aliphatic rings. The standard InChI is InChI=1S/C14H16N2OS/c1-9-6-5-7-12(8-9)16(4)14-15-10(2)13(18-14)11(3)17/h5-8H,1-4H3. The zero-order valence-corrected chi connectivity index (χ0v) is 11.8. The van der Waals surface area contributed by atoms with E-state index in [1.165, 1.54) is 16.9 Å². The topological polar surface area (TPSA) is 33.2 Å². The number of hydrogen-bond donors (Lipinski definition) is 0. The first-order valence-electron chi connectivity index (χ1n) is 5.78. The lowest BCUT2D eigenvalue weighted by molar-refractivity contribution is 0.102. The summed E-state index contributed by atoms with van der Waals surface area (Å²) in [7, 11) is 1.97. The molecule has 18 heavy (non-hydrogen) atoms. The normalized spacial score (nSPS) is 10.4. The van der Waals surface area contributed by atoms with Crippen molar-refractivity contribution < 1.29 is 4.79 Å². The Morgan fingerprint density at radius 3 is 2.61 bits per heavy atom. The van der Waals surface area contributed by atoms with E-state index in [1.807, 2.05) is 31.0 Å². The summed E-state index contributed by atoms with van der Waals surface area (Å²) in [4.78, 5) is 18.7. The van der Waals surface area contributed by atoms with Crippen molar-refractivity contribution in [2.45, 2.75) is 20.8 Å². The number of carbonyl (C=O) groups excluding carboxylic acids is 1. The van der Waals surface area contributed by atoms with Gasteiger partial charge in [0, 0.05) is 19.7 Å². The Morgan fingerprint density at radius 2 is 2.06 bits per heavy atom. The van der Waals surface area contributed by atoms with Crippen LogP contribution in [0.15, 0.2) is 24.3 Å². The lowest BCUT2D eigenvalue weighted by Crippen LogP contribution is -2.08. The molecule has 0 spiro atoms. The highest BCUT2D eigenvalue weighted by molar-refractivity contribution is 7.17. The number of rotatable bonds is 3. The van der Waals surface area contributed by atoms with Gasteiger partial charge in [-0.3, -0.25) is 4.79 Å². The van der Waals surface area contributed by atoms with Crippen LogP contribution in [0.4, 0.5) is 10.8 Å². The van der Waals surface area contributed by atoms with Crippen LogP contribution in [0.25, 0.3) is 0 Å². The lowest BCUT2D eigenvalue weighted by atomic mass is 10.2. The number of Topliss-reactive ketones (excluding diaryl/α,β-unsaturated/α-hetero) is 1. The van der Waals surface area contributed by atoms with Crippen LogP contribution in [-0.4, -0.2) is 17.8 Å². The molecule has 2 rings (SSSR count). The van der Waals surface area contributed by atoms with Crippen molar-refractivity contribution >= 4 is 27.9 Å². The smallest absolute Gasteiger partial charge is 0.190 e. The molecule has 0 unspecified atom stereocenters. The summed E-state index contributed by atoms with van der Waals surface area (Å²) in [5.41, 5.74) is 3.10. The molecule has 0 aliphatic heterocycles. The highest BCUT2D eigenvalue weighted by atomic mass is 32.1. The number of aryl methyl sites for hydroxylation is 2. The third-order valence-corrected chi connectivity index (χ3v) is 4.12. The minimum atomic E-state index is 0.0777. The van der Waals surface area contributed by atoms with Gasteiger partial charge in [0.15, 0.2) is 10.9 Å². The minimum Gasteiger partial charge on any atom is -0.321 e. The number of nitrogens with zero attached hydrogens (tertiary/aromatic N) is 2. The number of carbonyl (C=O) groups is 1. The second kappa shape index (κ2) is 4.90. The highest BCUT2D eigenvalue weighted by Gasteiger charge is 2.15. The second-order valence-corrected chi connectivity index (χ2v) is 5.34. The molecule has 1 aromatic heterocycles. The van der Waals surface area contributed by atoms with Crippen molar-refractivity contribution in [2.24, 2.45) is 0 Å². The fourth-order valence-corrected chi connectivity index (χ4v) is 2.74. The van der Waals surface area contributed by atoms with Gasteiger partial charge in [0.05, 0.1) is 10.6 Å². The maximum Gasteiger partial charge on any atom is 0.190 e. The molecular formula is C14H16N2OS. The van der Waals surface area contributed by atoms with Gasteiger partial charge in [-0.2, -0.15) is 0 Å². The summed E-state index contributed by atoms with van der Waals surface area (Å²) >= 11 is 1.44. The van der Waals surface area contributed by atoms with Gasteiger partial charge >= 0.3 is 0 Å². The molecule has 1 heterocycles. The maximum atomic E-state index is 11.4. The highest BCUT2D eigenvalue weighted by Crippen LogP contribution is 2.30. The van der Waals surface area contributed by atoms with E-state index in [4.69, 9.17) is 0 Å². The van der Waals surface area contributed by atoms with Crippen LogP contribution in [0.2, 0.25) is 0 Å². The van der Waals surface area contributed by atoms with E-state index in [1.54, 1.807) is 6.92 Å². The molecule has 0 aliphatic carbocycles. The van der Waals surface area contributed by atoms with Crippen LogP contribution in [0.1, 0.15) is 27.9 Å². The summed E-state index contributed by atoms with van der Waals surface area (Å²) in [5.74, 6) is 0.0777. The van der Waals surface area contributed by atoms with E-state index in [0.717, 1.165) is 21.4 Å². The van der Waals surface area contributed by atoms with Crippen molar-refractivity contribution in [1.82, 2.24) is 4.98 Å². The molecule has 0 radical (unpaired) electrons. The van der Waals surface area contributed by atoms with Crippen molar-refractivity contribution in [1.29, 1.82) is 0 Å².